The minimum Gasteiger partial charge on any atom is -0.464 e. The first-order chi connectivity index (χ1) is 7.97. The largest absolute Gasteiger partial charge is 0.464 e. The van der Waals surface area contributed by atoms with Crippen LogP contribution < -0.4 is 0 Å². The van der Waals surface area contributed by atoms with Crippen molar-refractivity contribution < 1.29 is 14.6 Å². The first-order valence-corrected chi connectivity index (χ1v) is 5.60. The fraction of sp³-hybridized carbons (Fsp3) is 0.357. The van der Waals surface area contributed by atoms with Crippen molar-refractivity contribution in [3.8, 4) is 0 Å². The van der Waals surface area contributed by atoms with Crippen LogP contribution in [0.3, 0.4) is 0 Å². The molecule has 0 aliphatic rings. The highest BCUT2D eigenvalue weighted by Crippen LogP contribution is 2.24. The summed E-state index contributed by atoms with van der Waals surface area (Å²) < 4.78 is 4.81. The van der Waals surface area contributed by atoms with Crippen molar-refractivity contribution in [2.45, 2.75) is 25.9 Å². The summed E-state index contributed by atoms with van der Waals surface area (Å²) in [7, 11) is 0. The van der Waals surface area contributed by atoms with Gasteiger partial charge in [0.05, 0.1) is 6.61 Å². The molecule has 92 valence electrons. The van der Waals surface area contributed by atoms with E-state index < -0.39 is 11.6 Å². The van der Waals surface area contributed by atoms with E-state index in [1.807, 2.05) is 30.3 Å². The standard InChI is InChI=1S/C14H18O3/c1-4-17-13(15)14(3,16)10-11(2)12-8-6-5-7-9-12/h5-9,16H,2,4,10H2,1,3H3. The lowest BCUT2D eigenvalue weighted by molar-refractivity contribution is -0.162. The van der Waals surface area contributed by atoms with Gasteiger partial charge >= 0.3 is 5.97 Å². The molecule has 1 rings (SSSR count). The van der Waals surface area contributed by atoms with Gasteiger partial charge in [-0.2, -0.15) is 0 Å². The molecule has 17 heavy (non-hydrogen) atoms. The summed E-state index contributed by atoms with van der Waals surface area (Å²) in [5.41, 5.74) is 0.101. The SMILES string of the molecule is C=C(CC(C)(O)C(=O)OCC)c1ccccc1. The third kappa shape index (κ3) is 3.71. The van der Waals surface area contributed by atoms with Crippen molar-refractivity contribution in [1.29, 1.82) is 0 Å². The van der Waals surface area contributed by atoms with Crippen LogP contribution in [0.2, 0.25) is 0 Å². The molecule has 3 heteroatoms. The Morgan fingerprint density at radius 3 is 2.53 bits per heavy atom. The monoisotopic (exact) mass is 234 g/mol. The summed E-state index contributed by atoms with van der Waals surface area (Å²) in [5.74, 6) is -0.614. The average Bonchev–Trinajstić information content (AvgIpc) is 2.30. The number of esters is 1. The van der Waals surface area contributed by atoms with Crippen molar-refractivity contribution in [2.75, 3.05) is 6.61 Å². The van der Waals surface area contributed by atoms with Crippen LogP contribution >= 0.6 is 0 Å². The number of carbonyl (C=O) groups is 1. The van der Waals surface area contributed by atoms with Gasteiger partial charge in [-0.1, -0.05) is 36.9 Å². The van der Waals surface area contributed by atoms with E-state index in [-0.39, 0.29) is 13.0 Å². The third-order valence-corrected chi connectivity index (χ3v) is 2.45. The second-order valence-corrected chi connectivity index (χ2v) is 4.14. The molecule has 1 N–H and O–H groups in total. The Morgan fingerprint density at radius 2 is 2.00 bits per heavy atom. The molecule has 1 atom stereocenters. The summed E-state index contributed by atoms with van der Waals surface area (Å²) in [6, 6.07) is 9.46. The van der Waals surface area contributed by atoms with Crippen molar-refractivity contribution in [3.63, 3.8) is 0 Å². The molecule has 0 fully saturated rings. The molecule has 1 unspecified atom stereocenters. The molecule has 0 aromatic heterocycles. The first-order valence-electron chi connectivity index (χ1n) is 5.60. The second kappa shape index (κ2) is 5.64. The molecule has 0 spiro atoms. The Bertz CT molecular complexity index is 393. The Kier molecular flexibility index (Phi) is 4.46. The fourth-order valence-corrected chi connectivity index (χ4v) is 1.55. The Hall–Kier alpha value is -1.61. The maximum atomic E-state index is 11.5. The molecular formula is C14H18O3. The zero-order valence-electron chi connectivity index (χ0n) is 10.3. The highest BCUT2D eigenvalue weighted by molar-refractivity contribution is 5.82. The molecule has 0 heterocycles. The molecule has 3 nitrogen and oxygen atoms in total. The predicted octanol–water partition coefficient (Wildman–Crippen LogP) is 2.40. The number of hydrogen-bond donors (Lipinski definition) is 1. The smallest absolute Gasteiger partial charge is 0.338 e. The molecule has 0 saturated heterocycles. The summed E-state index contributed by atoms with van der Waals surface area (Å²) in [4.78, 5) is 11.5. The van der Waals surface area contributed by atoms with Gasteiger partial charge in [0.15, 0.2) is 5.60 Å². The van der Waals surface area contributed by atoms with Gasteiger partial charge in [-0.15, -0.1) is 0 Å². The molecule has 0 radical (unpaired) electrons. The van der Waals surface area contributed by atoms with Gasteiger partial charge in [-0.3, -0.25) is 0 Å². The highest BCUT2D eigenvalue weighted by Gasteiger charge is 2.32. The van der Waals surface area contributed by atoms with Gasteiger partial charge in [0.1, 0.15) is 0 Å². The van der Waals surface area contributed by atoms with E-state index in [1.54, 1.807) is 6.92 Å². The van der Waals surface area contributed by atoms with Crippen molar-refractivity contribution >= 4 is 11.5 Å². The molecule has 0 saturated carbocycles. The highest BCUT2D eigenvalue weighted by atomic mass is 16.5. The molecule has 0 aliphatic heterocycles. The molecule has 1 aromatic rings. The summed E-state index contributed by atoms with van der Waals surface area (Å²) in [5, 5.41) is 10.0. The van der Waals surface area contributed by atoms with Crippen LogP contribution in [0.15, 0.2) is 36.9 Å². The number of ether oxygens (including phenoxy) is 1. The molecule has 0 amide bonds. The normalized spacial score (nSPS) is 13.8. The minimum atomic E-state index is -1.52. The summed E-state index contributed by atoms with van der Waals surface area (Å²) >= 11 is 0. The average molecular weight is 234 g/mol. The Balaban J connectivity index is 2.71. The van der Waals surface area contributed by atoms with Gasteiger partial charge < -0.3 is 9.84 Å². The lowest BCUT2D eigenvalue weighted by atomic mass is 9.93. The predicted molar refractivity (Wildman–Crippen MR) is 67.3 cm³/mol. The summed E-state index contributed by atoms with van der Waals surface area (Å²) in [6.45, 7) is 7.29. The first kappa shape index (κ1) is 13.5. The van der Waals surface area contributed by atoms with E-state index in [9.17, 15) is 9.90 Å². The van der Waals surface area contributed by atoms with Crippen LogP contribution in [0.5, 0.6) is 0 Å². The van der Waals surface area contributed by atoms with Gasteiger partial charge in [0.25, 0.3) is 0 Å². The van der Waals surface area contributed by atoms with Crippen molar-refractivity contribution in [1.82, 2.24) is 0 Å². The van der Waals surface area contributed by atoms with Crippen LogP contribution in [-0.4, -0.2) is 23.3 Å². The lowest BCUT2D eigenvalue weighted by Crippen LogP contribution is -2.37. The van der Waals surface area contributed by atoms with Crippen LogP contribution in [0, 0.1) is 0 Å². The van der Waals surface area contributed by atoms with Crippen LogP contribution in [0.25, 0.3) is 5.57 Å². The molecule has 0 aliphatic carbocycles. The van der Waals surface area contributed by atoms with E-state index in [4.69, 9.17) is 4.74 Å². The minimum absolute atomic E-state index is 0.163. The van der Waals surface area contributed by atoms with Crippen LogP contribution in [0.1, 0.15) is 25.8 Å². The molecular weight excluding hydrogens is 216 g/mol. The summed E-state index contributed by atoms with van der Waals surface area (Å²) in [6.07, 6.45) is 0.163. The third-order valence-electron chi connectivity index (χ3n) is 2.45. The molecule has 1 aromatic carbocycles. The topological polar surface area (TPSA) is 46.5 Å². The van der Waals surface area contributed by atoms with Gasteiger partial charge in [0.2, 0.25) is 0 Å². The maximum absolute atomic E-state index is 11.5. The van der Waals surface area contributed by atoms with Gasteiger partial charge in [0, 0.05) is 6.42 Å². The number of rotatable bonds is 5. The van der Waals surface area contributed by atoms with Crippen LogP contribution in [-0.2, 0) is 9.53 Å². The van der Waals surface area contributed by atoms with Gasteiger partial charge in [-0.05, 0) is 25.0 Å². The van der Waals surface area contributed by atoms with E-state index in [0.717, 1.165) is 5.56 Å². The van der Waals surface area contributed by atoms with E-state index in [2.05, 4.69) is 6.58 Å². The zero-order valence-corrected chi connectivity index (χ0v) is 10.3. The quantitative estimate of drug-likeness (QED) is 0.796. The number of benzene rings is 1. The maximum Gasteiger partial charge on any atom is 0.338 e. The van der Waals surface area contributed by atoms with Crippen molar-refractivity contribution in [2.24, 2.45) is 0 Å². The number of aliphatic hydroxyl groups is 1. The number of hydrogen-bond acceptors (Lipinski definition) is 3. The van der Waals surface area contributed by atoms with Crippen LogP contribution in [0.4, 0.5) is 0 Å². The zero-order chi connectivity index (χ0) is 12.9. The van der Waals surface area contributed by atoms with E-state index >= 15 is 0 Å². The second-order valence-electron chi connectivity index (χ2n) is 4.14. The Morgan fingerprint density at radius 1 is 1.41 bits per heavy atom. The van der Waals surface area contributed by atoms with Crippen molar-refractivity contribution in [3.05, 3.63) is 42.5 Å². The number of carbonyl (C=O) groups excluding carboxylic acids is 1. The van der Waals surface area contributed by atoms with E-state index in [0.29, 0.717) is 5.57 Å². The molecule has 0 bridgehead atoms. The van der Waals surface area contributed by atoms with Gasteiger partial charge in [-0.25, -0.2) is 4.79 Å². The Labute approximate surface area is 102 Å². The lowest BCUT2D eigenvalue weighted by Gasteiger charge is -2.22. The van der Waals surface area contributed by atoms with E-state index in [1.165, 1.54) is 6.92 Å². The fourth-order valence-electron chi connectivity index (χ4n) is 1.55.